The maximum Gasteiger partial charge on any atom is 0.139 e. The van der Waals surface area contributed by atoms with Gasteiger partial charge in [0.15, 0.2) is 0 Å². The van der Waals surface area contributed by atoms with Crippen molar-refractivity contribution < 1.29 is 5.11 Å². The molecule has 0 aliphatic carbocycles. The molecular formula is C24H16Cl3NO. The summed E-state index contributed by atoms with van der Waals surface area (Å²) in [6.07, 6.45) is 0. The second-order valence-corrected chi connectivity index (χ2v) is 7.76. The van der Waals surface area contributed by atoms with Gasteiger partial charge >= 0.3 is 0 Å². The Morgan fingerprint density at radius 3 is 1.86 bits per heavy atom. The number of nitrogens with zero attached hydrogens (tertiary/aromatic N) is 1. The molecule has 0 amide bonds. The second kappa shape index (κ2) is 8.38. The fraction of sp³-hybridized carbons (Fsp3) is 0. The largest absolute Gasteiger partial charge is 0.506 e. The van der Waals surface area contributed by atoms with Gasteiger partial charge in [-0.2, -0.15) is 0 Å². The predicted molar refractivity (Wildman–Crippen MR) is 123 cm³/mol. The molecule has 1 N–H and O–H groups in total. The molecular weight excluding hydrogens is 425 g/mol. The van der Waals surface area contributed by atoms with Crippen LogP contribution in [0.25, 0.3) is 11.1 Å². The minimum Gasteiger partial charge on any atom is -0.506 e. The molecule has 0 aliphatic heterocycles. The topological polar surface area (TPSA) is 23.5 Å². The van der Waals surface area contributed by atoms with E-state index in [4.69, 9.17) is 34.8 Å². The average Bonchev–Trinajstić information content (AvgIpc) is 2.74. The van der Waals surface area contributed by atoms with Gasteiger partial charge in [0.1, 0.15) is 5.75 Å². The maximum atomic E-state index is 10.5. The van der Waals surface area contributed by atoms with Crippen molar-refractivity contribution in [1.29, 1.82) is 0 Å². The van der Waals surface area contributed by atoms with E-state index in [1.165, 1.54) is 0 Å². The summed E-state index contributed by atoms with van der Waals surface area (Å²) in [5.74, 6) is 0.0811. The number of halogens is 3. The monoisotopic (exact) mass is 439 g/mol. The Labute approximate surface area is 184 Å². The highest BCUT2D eigenvalue weighted by Crippen LogP contribution is 2.44. The normalized spacial score (nSPS) is 10.7. The third-order valence-electron chi connectivity index (χ3n) is 4.56. The number of benzene rings is 4. The van der Waals surface area contributed by atoms with E-state index < -0.39 is 0 Å². The zero-order chi connectivity index (χ0) is 20.4. The second-order valence-electron chi connectivity index (χ2n) is 6.48. The van der Waals surface area contributed by atoms with Gasteiger partial charge in [-0.3, -0.25) is 0 Å². The van der Waals surface area contributed by atoms with Crippen LogP contribution in [0, 0.1) is 0 Å². The Bertz CT molecular complexity index is 1090. The quantitative estimate of drug-likeness (QED) is 0.344. The number of rotatable bonds is 4. The lowest BCUT2D eigenvalue weighted by atomic mass is 10.0. The Balaban J connectivity index is 1.87. The number of anilines is 3. The zero-order valence-corrected chi connectivity index (χ0v) is 17.5. The van der Waals surface area contributed by atoms with Crippen LogP contribution in [0.3, 0.4) is 0 Å². The lowest BCUT2D eigenvalue weighted by molar-refractivity contribution is 0.476. The molecule has 0 aliphatic rings. The summed E-state index contributed by atoms with van der Waals surface area (Å²) in [5, 5.41) is 12.1. The first kappa shape index (κ1) is 19.7. The molecule has 4 aromatic rings. The van der Waals surface area contributed by atoms with Crippen LogP contribution < -0.4 is 4.90 Å². The average molecular weight is 441 g/mol. The third kappa shape index (κ3) is 4.20. The molecule has 0 saturated heterocycles. The van der Waals surface area contributed by atoms with Gasteiger partial charge in [0.05, 0.1) is 16.4 Å². The van der Waals surface area contributed by atoms with E-state index in [0.29, 0.717) is 26.4 Å². The molecule has 29 heavy (non-hydrogen) atoms. The Kier molecular flexibility index (Phi) is 5.68. The van der Waals surface area contributed by atoms with Crippen molar-refractivity contribution in [2.75, 3.05) is 4.90 Å². The summed E-state index contributed by atoms with van der Waals surface area (Å²) in [6.45, 7) is 0. The molecule has 0 saturated carbocycles. The Morgan fingerprint density at radius 1 is 0.586 bits per heavy atom. The molecule has 4 aromatic carbocycles. The summed E-state index contributed by atoms with van der Waals surface area (Å²) in [5.41, 5.74) is 4.17. The molecule has 2 nitrogen and oxygen atoms in total. The van der Waals surface area contributed by atoms with Crippen LogP contribution in [-0.2, 0) is 0 Å². The summed E-state index contributed by atoms with van der Waals surface area (Å²) < 4.78 is 0. The summed E-state index contributed by atoms with van der Waals surface area (Å²) in [7, 11) is 0. The number of phenols is 1. The summed E-state index contributed by atoms with van der Waals surface area (Å²) in [4.78, 5) is 1.84. The Hall–Kier alpha value is -2.65. The molecule has 144 valence electrons. The van der Waals surface area contributed by atoms with Gasteiger partial charge < -0.3 is 10.0 Å². The number of aromatic hydroxyl groups is 1. The van der Waals surface area contributed by atoms with Crippen LogP contribution in [-0.4, -0.2) is 5.11 Å². The molecule has 0 aromatic heterocycles. The zero-order valence-electron chi connectivity index (χ0n) is 15.2. The molecule has 0 bridgehead atoms. The van der Waals surface area contributed by atoms with Crippen molar-refractivity contribution in [2.45, 2.75) is 0 Å². The number of hydrogen-bond acceptors (Lipinski definition) is 2. The van der Waals surface area contributed by atoms with E-state index in [2.05, 4.69) is 12.1 Å². The van der Waals surface area contributed by atoms with Crippen molar-refractivity contribution >= 4 is 51.9 Å². The molecule has 0 radical (unpaired) electrons. The van der Waals surface area contributed by atoms with Crippen molar-refractivity contribution in [3.05, 3.63) is 106 Å². The lowest BCUT2D eigenvalue weighted by Gasteiger charge is -2.27. The highest BCUT2D eigenvalue weighted by Gasteiger charge is 2.19. The van der Waals surface area contributed by atoms with E-state index in [9.17, 15) is 5.11 Å². The van der Waals surface area contributed by atoms with Crippen LogP contribution in [0.15, 0.2) is 91.0 Å². The standard InChI is InChI=1S/C24H16Cl3NO/c25-18-8-12-21(27)22(14-18)28(23-15-19(26)9-13-24(23)29)20-10-6-17(7-11-20)16-4-2-1-3-5-16/h1-15,29H. The van der Waals surface area contributed by atoms with Crippen molar-refractivity contribution in [2.24, 2.45) is 0 Å². The SMILES string of the molecule is Oc1ccc(Cl)cc1N(c1ccc(-c2ccccc2)cc1)c1cc(Cl)ccc1Cl. The van der Waals surface area contributed by atoms with Crippen molar-refractivity contribution in [1.82, 2.24) is 0 Å². The third-order valence-corrected chi connectivity index (χ3v) is 5.35. The molecule has 0 heterocycles. The van der Waals surface area contributed by atoms with Gasteiger partial charge in [0, 0.05) is 15.7 Å². The van der Waals surface area contributed by atoms with E-state index >= 15 is 0 Å². The van der Waals surface area contributed by atoms with Crippen LogP contribution >= 0.6 is 34.8 Å². The smallest absolute Gasteiger partial charge is 0.139 e. The van der Waals surface area contributed by atoms with E-state index in [1.54, 1.807) is 36.4 Å². The van der Waals surface area contributed by atoms with Crippen molar-refractivity contribution in [3.63, 3.8) is 0 Å². The molecule has 0 fully saturated rings. The first-order valence-electron chi connectivity index (χ1n) is 8.92. The molecule has 0 unspecified atom stereocenters. The first-order valence-corrected chi connectivity index (χ1v) is 10.1. The van der Waals surface area contributed by atoms with Gasteiger partial charge in [-0.05, 0) is 59.7 Å². The number of hydrogen-bond donors (Lipinski definition) is 1. The van der Waals surface area contributed by atoms with E-state index in [-0.39, 0.29) is 5.75 Å². The fourth-order valence-corrected chi connectivity index (χ4v) is 3.71. The summed E-state index contributed by atoms with van der Waals surface area (Å²) in [6, 6.07) is 28.2. The fourth-order valence-electron chi connectivity index (χ4n) is 3.17. The number of phenolic OH excluding ortho intramolecular Hbond substituents is 1. The van der Waals surface area contributed by atoms with Gasteiger partial charge in [0.2, 0.25) is 0 Å². The molecule has 5 heteroatoms. The Morgan fingerprint density at radius 2 is 1.17 bits per heavy atom. The molecule has 0 spiro atoms. The van der Waals surface area contributed by atoms with Crippen LogP contribution in [0.2, 0.25) is 15.1 Å². The molecule has 4 rings (SSSR count). The van der Waals surface area contributed by atoms with E-state index in [0.717, 1.165) is 16.8 Å². The van der Waals surface area contributed by atoms with Gasteiger partial charge in [-0.15, -0.1) is 0 Å². The van der Waals surface area contributed by atoms with Crippen LogP contribution in [0.5, 0.6) is 5.75 Å². The predicted octanol–water partition coefficient (Wildman–Crippen LogP) is 8.49. The summed E-state index contributed by atoms with van der Waals surface area (Å²) >= 11 is 18.9. The molecule has 0 atom stereocenters. The van der Waals surface area contributed by atoms with Crippen LogP contribution in [0.1, 0.15) is 0 Å². The lowest BCUT2D eigenvalue weighted by Crippen LogP contribution is -2.11. The van der Waals surface area contributed by atoms with Crippen LogP contribution in [0.4, 0.5) is 17.1 Å². The minimum atomic E-state index is 0.0811. The minimum absolute atomic E-state index is 0.0811. The van der Waals surface area contributed by atoms with Crippen molar-refractivity contribution in [3.8, 4) is 16.9 Å². The van der Waals surface area contributed by atoms with Gasteiger partial charge in [0.25, 0.3) is 0 Å². The van der Waals surface area contributed by atoms with E-state index in [1.807, 2.05) is 47.4 Å². The highest BCUT2D eigenvalue weighted by atomic mass is 35.5. The first-order chi connectivity index (χ1) is 14.0. The highest BCUT2D eigenvalue weighted by molar-refractivity contribution is 6.35. The maximum absolute atomic E-state index is 10.5. The van der Waals surface area contributed by atoms with Gasteiger partial charge in [-0.25, -0.2) is 0 Å². The van der Waals surface area contributed by atoms with Gasteiger partial charge in [-0.1, -0.05) is 77.3 Å².